The Hall–Kier alpha value is -2.33. The quantitative estimate of drug-likeness (QED) is 0.884. The predicted molar refractivity (Wildman–Crippen MR) is 88.8 cm³/mol. The minimum Gasteiger partial charge on any atom is -0.300 e. The van der Waals surface area contributed by atoms with Crippen LogP contribution in [0.25, 0.3) is 6.08 Å². The zero-order valence-electron chi connectivity index (χ0n) is 11.5. The van der Waals surface area contributed by atoms with E-state index in [0.717, 1.165) is 16.2 Å². The zero-order chi connectivity index (χ0) is 14.7. The molecular formula is C17H14N2OS. The molecule has 1 amide bonds. The fourth-order valence-corrected chi connectivity index (χ4v) is 2.70. The molecule has 0 spiro atoms. The van der Waals surface area contributed by atoms with E-state index in [0.29, 0.717) is 5.84 Å². The standard InChI is InChI=1S/C17H14N2OS/c1-12-7-9-14(10-8-12)18-16-15(21-17(20)19-16)11-13-5-3-2-4-6-13/h2-11H,1H3,(H,18,19,20). The Labute approximate surface area is 127 Å². The Kier molecular flexibility index (Phi) is 3.88. The van der Waals surface area contributed by atoms with E-state index in [9.17, 15) is 4.79 Å². The van der Waals surface area contributed by atoms with E-state index in [-0.39, 0.29) is 5.24 Å². The molecule has 1 saturated heterocycles. The first-order chi connectivity index (χ1) is 10.2. The van der Waals surface area contributed by atoms with Crippen molar-refractivity contribution in [1.29, 1.82) is 0 Å². The van der Waals surface area contributed by atoms with Crippen LogP contribution in [0, 0.1) is 6.92 Å². The van der Waals surface area contributed by atoms with E-state index < -0.39 is 0 Å². The molecule has 0 bridgehead atoms. The Balaban J connectivity index is 1.94. The maximum absolute atomic E-state index is 11.6. The van der Waals surface area contributed by atoms with Crippen LogP contribution < -0.4 is 5.32 Å². The summed E-state index contributed by atoms with van der Waals surface area (Å²) >= 11 is 1.17. The summed E-state index contributed by atoms with van der Waals surface area (Å²) in [6.07, 6.45) is 1.97. The van der Waals surface area contributed by atoms with Gasteiger partial charge >= 0.3 is 0 Å². The predicted octanol–water partition coefficient (Wildman–Crippen LogP) is 4.52. The topological polar surface area (TPSA) is 41.5 Å². The number of hydrogen-bond donors (Lipinski definition) is 1. The second-order valence-electron chi connectivity index (χ2n) is 4.73. The lowest BCUT2D eigenvalue weighted by Crippen LogP contribution is -2.18. The molecule has 1 aliphatic rings. The number of carbonyl (C=O) groups excluding carboxylic acids is 1. The van der Waals surface area contributed by atoms with E-state index in [1.165, 1.54) is 17.3 Å². The number of nitrogens with zero attached hydrogens (tertiary/aromatic N) is 1. The number of carbonyl (C=O) groups is 1. The molecule has 21 heavy (non-hydrogen) atoms. The SMILES string of the molecule is Cc1ccc(N=C2NC(=O)SC2=Cc2ccccc2)cc1. The van der Waals surface area contributed by atoms with E-state index in [2.05, 4.69) is 10.3 Å². The van der Waals surface area contributed by atoms with Crippen LogP contribution in [0.3, 0.4) is 0 Å². The van der Waals surface area contributed by atoms with Gasteiger partial charge in [-0.05, 0) is 42.5 Å². The number of rotatable bonds is 2. The number of hydrogen-bond acceptors (Lipinski definition) is 3. The number of nitrogens with one attached hydrogen (secondary N) is 1. The third-order valence-corrected chi connectivity index (χ3v) is 3.85. The van der Waals surface area contributed by atoms with Gasteiger partial charge in [0.1, 0.15) is 5.84 Å². The highest BCUT2D eigenvalue weighted by atomic mass is 32.2. The maximum Gasteiger partial charge on any atom is 0.289 e. The Morgan fingerprint density at radius 3 is 2.48 bits per heavy atom. The van der Waals surface area contributed by atoms with Gasteiger partial charge in [-0.3, -0.25) is 4.79 Å². The van der Waals surface area contributed by atoms with Gasteiger partial charge in [0.05, 0.1) is 10.6 Å². The van der Waals surface area contributed by atoms with Gasteiger partial charge in [-0.2, -0.15) is 0 Å². The summed E-state index contributed by atoms with van der Waals surface area (Å²) in [6, 6.07) is 17.8. The third kappa shape index (κ3) is 3.41. The molecule has 0 saturated carbocycles. The minimum atomic E-state index is -0.0944. The molecule has 0 atom stereocenters. The molecule has 0 unspecified atom stereocenters. The van der Waals surface area contributed by atoms with Crippen LogP contribution in [0.2, 0.25) is 0 Å². The van der Waals surface area contributed by atoms with Gasteiger partial charge in [-0.25, -0.2) is 4.99 Å². The fourth-order valence-electron chi connectivity index (χ4n) is 1.96. The summed E-state index contributed by atoms with van der Waals surface area (Å²) in [5.74, 6) is 0.609. The summed E-state index contributed by atoms with van der Waals surface area (Å²) in [4.78, 5) is 17.0. The van der Waals surface area contributed by atoms with Gasteiger partial charge in [0.25, 0.3) is 5.24 Å². The minimum absolute atomic E-state index is 0.0944. The Morgan fingerprint density at radius 1 is 1.05 bits per heavy atom. The van der Waals surface area contributed by atoms with Crippen molar-refractivity contribution in [3.63, 3.8) is 0 Å². The Morgan fingerprint density at radius 2 is 1.76 bits per heavy atom. The van der Waals surface area contributed by atoms with Gasteiger partial charge in [-0.1, -0.05) is 48.0 Å². The molecule has 0 aromatic heterocycles. The van der Waals surface area contributed by atoms with Gasteiger partial charge in [0, 0.05) is 0 Å². The van der Waals surface area contributed by atoms with E-state index in [1.807, 2.05) is 67.6 Å². The van der Waals surface area contributed by atoms with Crippen molar-refractivity contribution in [1.82, 2.24) is 5.32 Å². The molecule has 1 N–H and O–H groups in total. The zero-order valence-corrected chi connectivity index (χ0v) is 12.4. The number of amidine groups is 1. The molecule has 0 radical (unpaired) electrons. The van der Waals surface area contributed by atoms with Crippen LogP contribution in [-0.4, -0.2) is 11.1 Å². The fraction of sp³-hybridized carbons (Fsp3) is 0.0588. The molecule has 104 valence electrons. The summed E-state index contributed by atoms with van der Waals surface area (Å²) in [6.45, 7) is 2.03. The molecule has 3 rings (SSSR count). The lowest BCUT2D eigenvalue weighted by molar-refractivity contribution is 0.265. The number of benzene rings is 2. The molecule has 2 aromatic carbocycles. The summed E-state index contributed by atoms with van der Waals surface area (Å²) < 4.78 is 0. The van der Waals surface area contributed by atoms with Gasteiger partial charge in [-0.15, -0.1) is 0 Å². The smallest absolute Gasteiger partial charge is 0.289 e. The molecule has 1 heterocycles. The van der Waals surface area contributed by atoms with E-state index in [4.69, 9.17) is 0 Å². The molecule has 1 fully saturated rings. The summed E-state index contributed by atoms with van der Waals surface area (Å²) in [5.41, 5.74) is 3.06. The van der Waals surface area contributed by atoms with Crippen LogP contribution in [0.15, 0.2) is 64.5 Å². The van der Waals surface area contributed by atoms with Crippen molar-refractivity contribution in [3.05, 3.63) is 70.6 Å². The third-order valence-electron chi connectivity index (χ3n) is 3.03. The normalized spacial score (nSPS) is 18.2. The monoisotopic (exact) mass is 294 g/mol. The first-order valence-corrected chi connectivity index (χ1v) is 7.44. The molecule has 4 heteroatoms. The molecule has 3 nitrogen and oxygen atoms in total. The number of amides is 1. The first kappa shape index (κ1) is 13.6. The number of aryl methyl sites for hydroxylation is 1. The maximum atomic E-state index is 11.6. The van der Waals surface area contributed by atoms with Crippen LogP contribution >= 0.6 is 11.8 Å². The molecular weight excluding hydrogens is 280 g/mol. The van der Waals surface area contributed by atoms with E-state index >= 15 is 0 Å². The lowest BCUT2D eigenvalue weighted by atomic mass is 10.2. The highest BCUT2D eigenvalue weighted by Crippen LogP contribution is 2.28. The average molecular weight is 294 g/mol. The van der Waals surface area contributed by atoms with Gasteiger partial charge in [0.15, 0.2) is 0 Å². The molecule has 2 aromatic rings. The van der Waals surface area contributed by atoms with Crippen molar-refractivity contribution >= 4 is 34.6 Å². The summed E-state index contributed by atoms with van der Waals surface area (Å²) in [7, 11) is 0. The van der Waals surface area contributed by atoms with E-state index in [1.54, 1.807) is 0 Å². The van der Waals surface area contributed by atoms with Gasteiger partial charge < -0.3 is 5.32 Å². The second kappa shape index (κ2) is 5.97. The van der Waals surface area contributed by atoms with Crippen LogP contribution in [0.4, 0.5) is 10.5 Å². The highest BCUT2D eigenvalue weighted by Gasteiger charge is 2.23. The number of thioether (sulfide) groups is 1. The van der Waals surface area contributed by atoms with Crippen LogP contribution in [-0.2, 0) is 0 Å². The average Bonchev–Trinajstić information content (AvgIpc) is 2.82. The second-order valence-corrected chi connectivity index (χ2v) is 5.74. The Bertz CT molecular complexity index is 718. The van der Waals surface area contributed by atoms with Crippen molar-refractivity contribution in [2.45, 2.75) is 6.92 Å². The number of aliphatic imine (C=N–C) groups is 1. The van der Waals surface area contributed by atoms with Crippen molar-refractivity contribution < 1.29 is 4.79 Å². The van der Waals surface area contributed by atoms with Crippen LogP contribution in [0.5, 0.6) is 0 Å². The largest absolute Gasteiger partial charge is 0.300 e. The summed E-state index contributed by atoms with van der Waals surface area (Å²) in [5, 5.41) is 2.70. The van der Waals surface area contributed by atoms with Crippen molar-refractivity contribution in [2.24, 2.45) is 4.99 Å². The molecule has 1 aliphatic heterocycles. The van der Waals surface area contributed by atoms with Gasteiger partial charge in [0.2, 0.25) is 0 Å². The van der Waals surface area contributed by atoms with Crippen molar-refractivity contribution in [2.75, 3.05) is 0 Å². The first-order valence-electron chi connectivity index (χ1n) is 6.62. The van der Waals surface area contributed by atoms with Crippen LogP contribution in [0.1, 0.15) is 11.1 Å². The molecule has 0 aliphatic carbocycles. The van der Waals surface area contributed by atoms with Crippen molar-refractivity contribution in [3.8, 4) is 0 Å². The highest BCUT2D eigenvalue weighted by molar-refractivity contribution is 8.18. The lowest BCUT2D eigenvalue weighted by Gasteiger charge is -2.00.